The van der Waals surface area contributed by atoms with Crippen molar-refractivity contribution < 1.29 is 0 Å². The number of nitrogens with zero attached hydrogens (tertiary/aromatic N) is 4. The van der Waals surface area contributed by atoms with Crippen LogP contribution in [0.15, 0.2) is 4.48 Å². The van der Waals surface area contributed by atoms with Crippen LogP contribution in [0.3, 0.4) is 0 Å². The monoisotopic (exact) mass is 353 g/mol. The topological polar surface area (TPSA) is 44.3 Å². The SMILES string of the molecule is CCN1CC(Br)=Cc2c(C)nc(NCCCN(C)C)nc21. The number of nitrogens with one attached hydrogen (secondary N) is 1. The van der Waals surface area contributed by atoms with Gasteiger partial charge in [-0.15, -0.1) is 0 Å². The normalized spacial score (nSPS) is 14.2. The van der Waals surface area contributed by atoms with Gasteiger partial charge in [0.2, 0.25) is 5.95 Å². The summed E-state index contributed by atoms with van der Waals surface area (Å²) in [5.74, 6) is 1.76. The Morgan fingerprint density at radius 2 is 2.14 bits per heavy atom. The quantitative estimate of drug-likeness (QED) is 0.796. The molecule has 1 aromatic rings. The van der Waals surface area contributed by atoms with E-state index in [9.17, 15) is 0 Å². The maximum atomic E-state index is 4.70. The lowest BCUT2D eigenvalue weighted by atomic mass is 10.1. The maximum Gasteiger partial charge on any atom is 0.224 e. The molecule has 0 amide bonds. The van der Waals surface area contributed by atoms with E-state index in [0.717, 1.165) is 55.6 Å². The largest absolute Gasteiger partial charge is 0.354 e. The molecular formula is C15H24BrN5. The molecule has 6 heteroatoms. The number of aromatic nitrogens is 2. The summed E-state index contributed by atoms with van der Waals surface area (Å²) < 4.78 is 1.18. The molecule has 21 heavy (non-hydrogen) atoms. The average molecular weight is 354 g/mol. The first-order chi connectivity index (χ1) is 10.0. The van der Waals surface area contributed by atoms with Gasteiger partial charge in [0.25, 0.3) is 0 Å². The molecule has 0 unspecified atom stereocenters. The molecule has 0 saturated heterocycles. The molecule has 0 aromatic carbocycles. The number of halogens is 1. The minimum Gasteiger partial charge on any atom is -0.354 e. The van der Waals surface area contributed by atoms with Crippen molar-refractivity contribution in [2.75, 3.05) is 50.5 Å². The van der Waals surface area contributed by atoms with Crippen molar-refractivity contribution >= 4 is 33.8 Å². The Balaban J connectivity index is 2.14. The molecule has 1 aliphatic heterocycles. The van der Waals surface area contributed by atoms with E-state index in [1.165, 1.54) is 4.48 Å². The van der Waals surface area contributed by atoms with Crippen molar-refractivity contribution in [3.8, 4) is 0 Å². The number of fused-ring (bicyclic) bond motifs is 1. The Kier molecular flexibility index (Phi) is 5.58. The summed E-state index contributed by atoms with van der Waals surface area (Å²) in [5.41, 5.74) is 2.14. The molecule has 1 N–H and O–H groups in total. The van der Waals surface area contributed by atoms with Crippen LogP contribution in [-0.4, -0.2) is 55.1 Å². The standard InChI is InChI=1S/C15H24BrN5/c1-5-21-10-12(16)9-13-11(2)18-15(19-14(13)21)17-7-6-8-20(3)4/h9H,5-8,10H2,1-4H3,(H,17,18,19). The fourth-order valence-corrected chi connectivity index (χ4v) is 2.90. The Labute approximate surface area is 135 Å². The van der Waals surface area contributed by atoms with Crippen LogP contribution in [0.25, 0.3) is 6.08 Å². The van der Waals surface area contributed by atoms with Crippen LogP contribution < -0.4 is 10.2 Å². The number of rotatable bonds is 6. The second-order valence-corrected chi connectivity index (χ2v) is 6.58. The van der Waals surface area contributed by atoms with Crippen LogP contribution in [0.1, 0.15) is 24.6 Å². The van der Waals surface area contributed by atoms with Crippen molar-refractivity contribution in [2.24, 2.45) is 0 Å². The highest BCUT2D eigenvalue weighted by Gasteiger charge is 2.20. The minimum absolute atomic E-state index is 0.731. The van der Waals surface area contributed by atoms with Crippen molar-refractivity contribution in [1.82, 2.24) is 14.9 Å². The molecule has 5 nitrogen and oxygen atoms in total. The Morgan fingerprint density at radius 3 is 2.81 bits per heavy atom. The fourth-order valence-electron chi connectivity index (χ4n) is 2.37. The highest BCUT2D eigenvalue weighted by atomic mass is 79.9. The highest BCUT2D eigenvalue weighted by Crippen LogP contribution is 2.31. The summed E-state index contributed by atoms with van der Waals surface area (Å²) in [6.45, 7) is 7.96. The lowest BCUT2D eigenvalue weighted by Crippen LogP contribution is -2.29. The van der Waals surface area contributed by atoms with Crippen LogP contribution in [0.2, 0.25) is 0 Å². The van der Waals surface area contributed by atoms with Crippen molar-refractivity contribution in [1.29, 1.82) is 0 Å². The number of hydrogen-bond acceptors (Lipinski definition) is 5. The number of anilines is 2. The van der Waals surface area contributed by atoms with Gasteiger partial charge in [-0.2, -0.15) is 4.98 Å². The van der Waals surface area contributed by atoms with Crippen LogP contribution in [0.5, 0.6) is 0 Å². The van der Waals surface area contributed by atoms with Crippen molar-refractivity contribution in [3.05, 3.63) is 15.7 Å². The van der Waals surface area contributed by atoms with E-state index >= 15 is 0 Å². The second-order valence-electron chi connectivity index (χ2n) is 5.56. The summed E-state index contributed by atoms with van der Waals surface area (Å²) >= 11 is 3.60. The smallest absolute Gasteiger partial charge is 0.224 e. The third-order valence-corrected chi connectivity index (χ3v) is 3.99. The van der Waals surface area contributed by atoms with Crippen molar-refractivity contribution in [3.63, 3.8) is 0 Å². The third kappa shape index (κ3) is 4.17. The molecular weight excluding hydrogens is 330 g/mol. The third-order valence-electron chi connectivity index (χ3n) is 3.51. The molecule has 0 aliphatic carbocycles. The second kappa shape index (κ2) is 7.22. The number of aryl methyl sites for hydroxylation is 1. The van der Waals surface area contributed by atoms with E-state index in [1.807, 2.05) is 6.92 Å². The summed E-state index contributed by atoms with van der Waals surface area (Å²) in [6, 6.07) is 0. The molecule has 0 fully saturated rings. The van der Waals surface area contributed by atoms with Gasteiger partial charge in [-0.25, -0.2) is 4.98 Å². The summed E-state index contributed by atoms with van der Waals surface area (Å²) in [4.78, 5) is 13.7. The van der Waals surface area contributed by atoms with E-state index < -0.39 is 0 Å². The van der Waals surface area contributed by atoms with Gasteiger partial charge >= 0.3 is 0 Å². The molecule has 0 atom stereocenters. The van der Waals surface area contributed by atoms with E-state index in [-0.39, 0.29) is 0 Å². The van der Waals surface area contributed by atoms with Crippen LogP contribution >= 0.6 is 15.9 Å². The lowest BCUT2D eigenvalue weighted by molar-refractivity contribution is 0.405. The van der Waals surface area contributed by atoms with Gasteiger partial charge in [-0.3, -0.25) is 0 Å². The number of hydrogen-bond donors (Lipinski definition) is 1. The molecule has 0 radical (unpaired) electrons. The zero-order chi connectivity index (χ0) is 15.4. The molecule has 1 aliphatic rings. The van der Waals surface area contributed by atoms with E-state index in [4.69, 9.17) is 4.98 Å². The molecule has 116 valence electrons. The summed E-state index contributed by atoms with van der Waals surface area (Å²) in [6.07, 6.45) is 3.21. The average Bonchev–Trinajstić information content (AvgIpc) is 2.43. The van der Waals surface area contributed by atoms with Gasteiger partial charge < -0.3 is 15.1 Å². The highest BCUT2D eigenvalue weighted by molar-refractivity contribution is 9.11. The molecule has 0 spiro atoms. The molecule has 2 rings (SSSR count). The van der Waals surface area contributed by atoms with Crippen molar-refractivity contribution in [2.45, 2.75) is 20.3 Å². The van der Waals surface area contributed by atoms with Crippen LogP contribution in [0.4, 0.5) is 11.8 Å². The molecule has 2 heterocycles. The lowest BCUT2D eigenvalue weighted by Gasteiger charge is -2.28. The van der Waals surface area contributed by atoms with Gasteiger partial charge in [0.15, 0.2) is 0 Å². The minimum atomic E-state index is 0.731. The fraction of sp³-hybridized carbons (Fsp3) is 0.600. The zero-order valence-electron chi connectivity index (χ0n) is 13.3. The van der Waals surface area contributed by atoms with E-state index in [0.29, 0.717) is 0 Å². The van der Waals surface area contributed by atoms with Gasteiger partial charge in [-0.05, 0) is 47.0 Å². The van der Waals surface area contributed by atoms with Crippen LogP contribution in [0, 0.1) is 6.92 Å². The van der Waals surface area contributed by atoms with E-state index in [1.54, 1.807) is 0 Å². The predicted molar refractivity (Wildman–Crippen MR) is 93.2 cm³/mol. The Bertz CT molecular complexity index is 527. The zero-order valence-corrected chi connectivity index (χ0v) is 14.9. The van der Waals surface area contributed by atoms with Gasteiger partial charge in [-0.1, -0.05) is 15.9 Å². The first kappa shape index (κ1) is 16.2. The van der Waals surface area contributed by atoms with Crippen LogP contribution in [-0.2, 0) is 0 Å². The number of likely N-dealkylation sites (N-methyl/N-ethyl adjacent to an activating group) is 1. The van der Waals surface area contributed by atoms with Gasteiger partial charge in [0, 0.05) is 23.1 Å². The first-order valence-electron chi connectivity index (χ1n) is 7.39. The molecule has 0 bridgehead atoms. The Hall–Kier alpha value is -1.14. The summed E-state index contributed by atoms with van der Waals surface area (Å²) in [7, 11) is 4.17. The van der Waals surface area contributed by atoms with E-state index in [2.05, 4.69) is 63.1 Å². The maximum absolute atomic E-state index is 4.70. The first-order valence-corrected chi connectivity index (χ1v) is 8.18. The predicted octanol–water partition coefficient (Wildman–Crippen LogP) is 2.72. The molecule has 0 saturated carbocycles. The van der Waals surface area contributed by atoms with Gasteiger partial charge in [0.1, 0.15) is 5.82 Å². The Morgan fingerprint density at radius 1 is 1.38 bits per heavy atom. The van der Waals surface area contributed by atoms with Gasteiger partial charge in [0.05, 0.1) is 12.2 Å². The molecule has 1 aromatic heterocycles. The summed E-state index contributed by atoms with van der Waals surface area (Å²) in [5, 5.41) is 3.34.